The lowest BCUT2D eigenvalue weighted by Crippen LogP contribution is -1.97. The Morgan fingerprint density at radius 3 is 2.42 bits per heavy atom. The molecule has 0 aliphatic carbocycles. The number of benzene rings is 2. The summed E-state index contributed by atoms with van der Waals surface area (Å²) in [6.07, 6.45) is 0. The number of hydrogen-bond donors (Lipinski definition) is 0. The third-order valence-electron chi connectivity index (χ3n) is 3.36. The third kappa shape index (κ3) is 2.08. The fraction of sp³-hybridized carbons (Fsp3) is 0.125. The fourth-order valence-electron chi connectivity index (χ4n) is 2.13. The van der Waals surface area contributed by atoms with E-state index in [1.165, 1.54) is 5.39 Å². The van der Waals surface area contributed by atoms with Crippen molar-refractivity contribution in [2.75, 3.05) is 0 Å². The maximum absolute atomic E-state index is 6.17. The molecule has 2 aromatic carbocycles. The van der Waals surface area contributed by atoms with Crippen molar-refractivity contribution in [2.24, 2.45) is 0 Å². The summed E-state index contributed by atoms with van der Waals surface area (Å²) in [7, 11) is 0. The Morgan fingerprint density at radius 1 is 0.895 bits per heavy atom. The molecule has 0 saturated heterocycles. The van der Waals surface area contributed by atoms with Gasteiger partial charge in [0.1, 0.15) is 5.15 Å². The van der Waals surface area contributed by atoms with Gasteiger partial charge in [0.25, 0.3) is 0 Å². The molecule has 0 unspecified atom stereocenters. The molecular formula is C16H13ClN2. The molecule has 0 radical (unpaired) electrons. The van der Waals surface area contributed by atoms with Gasteiger partial charge in [-0.3, -0.25) is 0 Å². The first-order valence-electron chi connectivity index (χ1n) is 6.15. The van der Waals surface area contributed by atoms with Crippen LogP contribution in [0.25, 0.3) is 22.2 Å². The molecule has 3 rings (SSSR count). The van der Waals surface area contributed by atoms with Crippen molar-refractivity contribution < 1.29 is 0 Å². The highest BCUT2D eigenvalue weighted by atomic mass is 35.5. The average Bonchev–Trinajstić information content (AvgIpc) is 2.43. The standard InChI is InChI=1S/C16H13ClN2/c1-10-11(2)18-16(19-15(10)17)14-9-5-7-12-6-3-4-8-13(12)14/h3-9H,1-2H3. The maximum Gasteiger partial charge on any atom is 0.161 e. The molecule has 0 N–H and O–H groups in total. The predicted octanol–water partition coefficient (Wildman–Crippen LogP) is 4.57. The predicted molar refractivity (Wildman–Crippen MR) is 79.5 cm³/mol. The summed E-state index contributed by atoms with van der Waals surface area (Å²) in [6.45, 7) is 3.89. The summed E-state index contributed by atoms with van der Waals surface area (Å²) >= 11 is 6.17. The van der Waals surface area contributed by atoms with E-state index in [4.69, 9.17) is 11.6 Å². The Kier molecular flexibility index (Phi) is 2.96. The second-order valence-electron chi connectivity index (χ2n) is 4.58. The van der Waals surface area contributed by atoms with E-state index in [1.807, 2.05) is 38.1 Å². The second-order valence-corrected chi connectivity index (χ2v) is 4.93. The van der Waals surface area contributed by atoms with Gasteiger partial charge in [0.2, 0.25) is 0 Å². The van der Waals surface area contributed by atoms with Crippen LogP contribution in [-0.4, -0.2) is 9.97 Å². The number of nitrogens with zero attached hydrogens (tertiary/aromatic N) is 2. The van der Waals surface area contributed by atoms with Gasteiger partial charge in [0.15, 0.2) is 5.82 Å². The number of hydrogen-bond acceptors (Lipinski definition) is 2. The molecule has 1 heterocycles. The van der Waals surface area contributed by atoms with Gasteiger partial charge in [-0.2, -0.15) is 0 Å². The Balaban J connectivity index is 2.31. The van der Waals surface area contributed by atoms with Gasteiger partial charge in [0.05, 0.1) is 0 Å². The van der Waals surface area contributed by atoms with Crippen molar-refractivity contribution in [2.45, 2.75) is 13.8 Å². The topological polar surface area (TPSA) is 25.8 Å². The minimum absolute atomic E-state index is 0.524. The Morgan fingerprint density at radius 2 is 1.63 bits per heavy atom. The molecule has 0 saturated carbocycles. The van der Waals surface area contributed by atoms with Crippen molar-refractivity contribution >= 4 is 22.4 Å². The lowest BCUT2D eigenvalue weighted by molar-refractivity contribution is 1.07. The molecule has 0 spiro atoms. The number of aromatic nitrogens is 2. The highest BCUT2D eigenvalue weighted by molar-refractivity contribution is 6.30. The van der Waals surface area contributed by atoms with E-state index in [0.29, 0.717) is 11.0 Å². The number of fused-ring (bicyclic) bond motifs is 1. The van der Waals surface area contributed by atoms with E-state index < -0.39 is 0 Å². The van der Waals surface area contributed by atoms with Crippen LogP contribution in [0.3, 0.4) is 0 Å². The zero-order chi connectivity index (χ0) is 13.4. The molecule has 3 heteroatoms. The highest BCUT2D eigenvalue weighted by Crippen LogP contribution is 2.28. The van der Waals surface area contributed by atoms with Crippen LogP contribution in [-0.2, 0) is 0 Å². The van der Waals surface area contributed by atoms with Crippen LogP contribution >= 0.6 is 11.6 Å². The fourth-order valence-corrected chi connectivity index (χ4v) is 2.35. The summed E-state index contributed by atoms with van der Waals surface area (Å²) in [4.78, 5) is 8.97. The van der Waals surface area contributed by atoms with Crippen LogP contribution in [0.4, 0.5) is 0 Å². The van der Waals surface area contributed by atoms with E-state index in [2.05, 4.69) is 28.2 Å². The molecule has 0 aliphatic heterocycles. The van der Waals surface area contributed by atoms with Crippen LogP contribution in [0, 0.1) is 13.8 Å². The monoisotopic (exact) mass is 268 g/mol. The molecule has 1 aromatic heterocycles. The van der Waals surface area contributed by atoms with Crippen LogP contribution < -0.4 is 0 Å². The van der Waals surface area contributed by atoms with E-state index in [0.717, 1.165) is 22.2 Å². The smallest absolute Gasteiger partial charge is 0.161 e. The minimum atomic E-state index is 0.524. The quantitative estimate of drug-likeness (QED) is 0.604. The van der Waals surface area contributed by atoms with Crippen LogP contribution in [0.15, 0.2) is 42.5 Å². The van der Waals surface area contributed by atoms with E-state index in [9.17, 15) is 0 Å². The molecular weight excluding hydrogens is 256 g/mol. The van der Waals surface area contributed by atoms with Crippen molar-refractivity contribution in [1.82, 2.24) is 9.97 Å². The van der Waals surface area contributed by atoms with Gasteiger partial charge in [-0.25, -0.2) is 9.97 Å². The number of aryl methyl sites for hydroxylation is 1. The average molecular weight is 269 g/mol. The van der Waals surface area contributed by atoms with Gasteiger partial charge >= 0.3 is 0 Å². The number of halogens is 1. The largest absolute Gasteiger partial charge is 0.233 e. The lowest BCUT2D eigenvalue weighted by Gasteiger charge is -2.08. The lowest BCUT2D eigenvalue weighted by atomic mass is 10.0. The van der Waals surface area contributed by atoms with Crippen molar-refractivity contribution in [3.05, 3.63) is 58.9 Å². The van der Waals surface area contributed by atoms with E-state index >= 15 is 0 Å². The van der Waals surface area contributed by atoms with Gasteiger partial charge in [-0.05, 0) is 24.6 Å². The summed E-state index contributed by atoms with van der Waals surface area (Å²) in [6, 6.07) is 14.3. The summed E-state index contributed by atoms with van der Waals surface area (Å²) < 4.78 is 0. The van der Waals surface area contributed by atoms with Gasteiger partial charge in [-0.15, -0.1) is 0 Å². The molecule has 3 aromatic rings. The minimum Gasteiger partial charge on any atom is -0.233 e. The van der Waals surface area contributed by atoms with Crippen molar-refractivity contribution in [3.8, 4) is 11.4 Å². The SMILES string of the molecule is Cc1nc(-c2cccc3ccccc23)nc(Cl)c1C. The first kappa shape index (κ1) is 12.1. The normalized spacial score (nSPS) is 10.9. The van der Waals surface area contributed by atoms with Gasteiger partial charge in [-0.1, -0.05) is 54.1 Å². The molecule has 0 amide bonds. The molecule has 0 atom stereocenters. The first-order chi connectivity index (χ1) is 9.16. The van der Waals surface area contributed by atoms with Crippen LogP contribution in [0.2, 0.25) is 5.15 Å². The van der Waals surface area contributed by atoms with Crippen molar-refractivity contribution in [1.29, 1.82) is 0 Å². The first-order valence-corrected chi connectivity index (χ1v) is 6.53. The summed E-state index contributed by atoms with van der Waals surface area (Å²) in [5, 5.41) is 2.85. The van der Waals surface area contributed by atoms with E-state index in [-0.39, 0.29) is 0 Å². The summed E-state index contributed by atoms with van der Waals surface area (Å²) in [5.74, 6) is 0.685. The highest BCUT2D eigenvalue weighted by Gasteiger charge is 2.10. The molecule has 0 fully saturated rings. The third-order valence-corrected chi connectivity index (χ3v) is 3.73. The Hall–Kier alpha value is -1.93. The molecule has 94 valence electrons. The Bertz CT molecular complexity index is 737. The van der Waals surface area contributed by atoms with Crippen LogP contribution in [0.1, 0.15) is 11.3 Å². The van der Waals surface area contributed by atoms with Crippen LogP contribution in [0.5, 0.6) is 0 Å². The maximum atomic E-state index is 6.17. The van der Waals surface area contributed by atoms with Crippen molar-refractivity contribution in [3.63, 3.8) is 0 Å². The zero-order valence-corrected chi connectivity index (χ0v) is 11.6. The number of rotatable bonds is 1. The molecule has 0 aliphatic rings. The van der Waals surface area contributed by atoms with Gasteiger partial charge in [0, 0.05) is 16.8 Å². The van der Waals surface area contributed by atoms with E-state index in [1.54, 1.807) is 0 Å². The second kappa shape index (κ2) is 4.63. The molecule has 19 heavy (non-hydrogen) atoms. The molecule has 0 bridgehead atoms. The summed E-state index contributed by atoms with van der Waals surface area (Å²) in [5.41, 5.74) is 2.87. The van der Waals surface area contributed by atoms with Gasteiger partial charge < -0.3 is 0 Å². The molecule has 2 nitrogen and oxygen atoms in total. The Labute approximate surface area is 117 Å². The zero-order valence-electron chi connectivity index (χ0n) is 10.8.